The Bertz CT molecular complexity index is 1740. The summed E-state index contributed by atoms with van der Waals surface area (Å²) in [5.74, 6) is -1.12. The molecule has 0 saturated heterocycles. The van der Waals surface area contributed by atoms with Gasteiger partial charge in [0, 0.05) is 17.6 Å². The van der Waals surface area contributed by atoms with Crippen molar-refractivity contribution in [2.75, 3.05) is 11.3 Å². The second-order valence-corrected chi connectivity index (χ2v) is 11.0. The number of nitrogens with one attached hydrogen (secondary N) is 3. The predicted octanol–water partition coefficient (Wildman–Crippen LogP) is 3.43. The highest BCUT2D eigenvalue weighted by Gasteiger charge is 2.23. The van der Waals surface area contributed by atoms with E-state index in [4.69, 9.17) is 27.9 Å². The van der Waals surface area contributed by atoms with Crippen LogP contribution in [0.3, 0.4) is 0 Å². The van der Waals surface area contributed by atoms with Crippen molar-refractivity contribution in [1.82, 2.24) is 20.2 Å². The number of rotatable bonds is 8. The van der Waals surface area contributed by atoms with E-state index in [0.717, 1.165) is 0 Å². The summed E-state index contributed by atoms with van der Waals surface area (Å²) in [5, 5.41) is 0.628. The molecule has 3 N–H and O–H groups in total. The number of carbonyl (C=O) groups is 2. The summed E-state index contributed by atoms with van der Waals surface area (Å²) in [7, 11) is -2.52. The van der Waals surface area contributed by atoms with Crippen molar-refractivity contribution < 1.29 is 22.7 Å². The van der Waals surface area contributed by atoms with Crippen LogP contribution in [0.5, 0.6) is 5.75 Å². The van der Waals surface area contributed by atoms with Gasteiger partial charge in [0.25, 0.3) is 27.4 Å². The molecule has 11 nitrogen and oxygen atoms in total. The number of aromatic nitrogens is 2. The van der Waals surface area contributed by atoms with E-state index in [1.807, 2.05) is 0 Å². The van der Waals surface area contributed by atoms with Gasteiger partial charge in [-0.25, -0.2) is 13.1 Å². The minimum Gasteiger partial charge on any atom is -0.482 e. The van der Waals surface area contributed by atoms with Crippen LogP contribution in [0.2, 0.25) is 10.0 Å². The van der Waals surface area contributed by atoms with E-state index in [2.05, 4.69) is 15.6 Å². The molecule has 14 heteroatoms. The van der Waals surface area contributed by atoms with Crippen molar-refractivity contribution >= 4 is 50.7 Å². The van der Waals surface area contributed by atoms with E-state index >= 15 is 0 Å². The Morgan fingerprint density at radius 3 is 2.27 bits per heavy atom. The van der Waals surface area contributed by atoms with Crippen molar-refractivity contribution in [3.63, 3.8) is 0 Å². The third-order valence-corrected chi connectivity index (χ3v) is 7.68. The SMILES string of the molecule is Cc1c(NS(=O)(=O)c2ccc(C(=O)NNC(=O)COc3ccc(Cl)cc3Cl)cc2)c(=O)n(-c2ccccc2)n1C. The molecule has 0 radical (unpaired) electrons. The maximum absolute atomic E-state index is 13.1. The van der Waals surface area contributed by atoms with E-state index in [9.17, 15) is 22.8 Å². The van der Waals surface area contributed by atoms with Gasteiger partial charge in [0.2, 0.25) is 0 Å². The lowest BCUT2D eigenvalue weighted by Gasteiger charge is -2.10. The van der Waals surface area contributed by atoms with Crippen LogP contribution in [0.1, 0.15) is 16.1 Å². The van der Waals surface area contributed by atoms with Gasteiger partial charge >= 0.3 is 0 Å². The van der Waals surface area contributed by atoms with Crippen molar-refractivity contribution in [1.29, 1.82) is 0 Å². The summed E-state index contributed by atoms with van der Waals surface area (Å²) in [6.07, 6.45) is 0. The topological polar surface area (TPSA) is 141 Å². The average Bonchev–Trinajstić information content (AvgIpc) is 3.14. The van der Waals surface area contributed by atoms with Crippen molar-refractivity contribution in [2.45, 2.75) is 11.8 Å². The standard InChI is InChI=1S/C26H23Cl2N5O6S/c1-16-24(26(36)33(32(16)2)19-6-4-3-5-7-19)31-40(37,38)20-11-8-17(9-12-20)25(35)30-29-23(34)15-39-22-13-10-18(27)14-21(22)28/h3-14,31H,15H2,1-2H3,(H,29,34)(H,30,35). The quantitative estimate of drug-likeness (QED) is 0.264. The Hall–Kier alpha value is -4.26. The van der Waals surface area contributed by atoms with Gasteiger partial charge in [-0.1, -0.05) is 41.4 Å². The van der Waals surface area contributed by atoms with Crippen LogP contribution < -0.4 is 25.9 Å². The van der Waals surface area contributed by atoms with Crippen LogP contribution in [0.25, 0.3) is 5.69 Å². The normalized spacial score (nSPS) is 11.1. The number of carbonyl (C=O) groups excluding carboxylic acids is 2. The fourth-order valence-corrected chi connectivity index (χ4v) is 5.21. The Kier molecular flexibility index (Phi) is 8.52. The summed E-state index contributed by atoms with van der Waals surface area (Å²) in [6.45, 7) is 1.19. The molecule has 0 aliphatic heterocycles. The molecule has 0 aliphatic rings. The van der Waals surface area contributed by atoms with Crippen molar-refractivity contribution in [3.8, 4) is 11.4 Å². The molecular weight excluding hydrogens is 581 g/mol. The number of sulfonamides is 1. The van der Waals surface area contributed by atoms with Crippen LogP contribution in [-0.2, 0) is 21.9 Å². The van der Waals surface area contributed by atoms with Gasteiger partial charge in [-0.15, -0.1) is 0 Å². The van der Waals surface area contributed by atoms with Gasteiger partial charge in [0.15, 0.2) is 6.61 Å². The lowest BCUT2D eigenvalue weighted by molar-refractivity contribution is -0.123. The number of ether oxygens (including phenoxy) is 1. The van der Waals surface area contributed by atoms with E-state index in [-0.39, 0.29) is 26.9 Å². The largest absolute Gasteiger partial charge is 0.482 e. The fourth-order valence-electron chi connectivity index (χ4n) is 3.63. The highest BCUT2D eigenvalue weighted by atomic mass is 35.5. The average molecular weight is 604 g/mol. The molecule has 40 heavy (non-hydrogen) atoms. The van der Waals surface area contributed by atoms with Crippen LogP contribution in [-0.4, -0.2) is 36.2 Å². The number of nitrogens with zero attached hydrogens (tertiary/aromatic N) is 2. The molecular formula is C26H23Cl2N5O6S. The Balaban J connectivity index is 1.39. The lowest BCUT2D eigenvalue weighted by Crippen LogP contribution is -2.43. The molecule has 0 atom stereocenters. The molecule has 0 aliphatic carbocycles. The number of hydrogen-bond acceptors (Lipinski definition) is 6. The number of para-hydroxylation sites is 1. The third kappa shape index (κ3) is 6.30. The predicted molar refractivity (Wildman–Crippen MR) is 151 cm³/mol. The minimum absolute atomic E-state index is 0.0724. The molecule has 208 valence electrons. The van der Waals surface area contributed by atoms with Gasteiger partial charge in [0.1, 0.15) is 11.4 Å². The van der Waals surface area contributed by atoms with Crippen molar-refractivity contribution in [3.05, 3.63) is 104 Å². The number of halogens is 2. The smallest absolute Gasteiger partial charge is 0.296 e. The summed E-state index contributed by atoms with van der Waals surface area (Å²) in [4.78, 5) is 37.3. The lowest BCUT2D eigenvalue weighted by atomic mass is 10.2. The molecule has 1 aromatic heterocycles. The molecule has 0 fully saturated rings. The third-order valence-electron chi connectivity index (χ3n) is 5.79. The van der Waals surface area contributed by atoms with Gasteiger partial charge in [0.05, 0.1) is 21.3 Å². The zero-order valence-corrected chi connectivity index (χ0v) is 23.5. The van der Waals surface area contributed by atoms with Crippen LogP contribution in [0.4, 0.5) is 5.69 Å². The summed E-state index contributed by atoms with van der Waals surface area (Å²) < 4.78 is 36.6. The number of anilines is 1. The summed E-state index contributed by atoms with van der Waals surface area (Å²) >= 11 is 11.8. The highest BCUT2D eigenvalue weighted by molar-refractivity contribution is 7.92. The van der Waals surface area contributed by atoms with E-state index in [1.54, 1.807) is 55.1 Å². The molecule has 0 bridgehead atoms. The van der Waals surface area contributed by atoms with E-state index < -0.39 is 34.0 Å². The zero-order chi connectivity index (χ0) is 29.0. The second kappa shape index (κ2) is 11.9. The van der Waals surface area contributed by atoms with Crippen LogP contribution in [0.15, 0.2) is 82.5 Å². The molecule has 3 aromatic carbocycles. The number of benzene rings is 3. The van der Waals surface area contributed by atoms with Gasteiger partial charge in [-0.3, -0.25) is 34.6 Å². The monoisotopic (exact) mass is 603 g/mol. The first-order chi connectivity index (χ1) is 19.0. The van der Waals surface area contributed by atoms with Crippen molar-refractivity contribution in [2.24, 2.45) is 7.05 Å². The molecule has 0 unspecified atom stereocenters. The highest BCUT2D eigenvalue weighted by Crippen LogP contribution is 2.27. The maximum Gasteiger partial charge on any atom is 0.296 e. The minimum atomic E-state index is -4.17. The first-order valence-electron chi connectivity index (χ1n) is 11.6. The molecule has 0 saturated carbocycles. The summed E-state index contributed by atoms with van der Waals surface area (Å²) in [5.41, 5.74) is 4.82. The van der Waals surface area contributed by atoms with E-state index in [1.165, 1.54) is 41.1 Å². The Morgan fingerprint density at radius 2 is 1.62 bits per heavy atom. The Morgan fingerprint density at radius 1 is 0.950 bits per heavy atom. The van der Waals surface area contributed by atoms with Gasteiger partial charge in [-0.05, 0) is 61.5 Å². The molecule has 1 heterocycles. The maximum atomic E-state index is 13.1. The second-order valence-electron chi connectivity index (χ2n) is 8.43. The van der Waals surface area contributed by atoms with E-state index in [0.29, 0.717) is 16.4 Å². The first kappa shape index (κ1) is 28.7. The summed E-state index contributed by atoms with van der Waals surface area (Å²) in [6, 6.07) is 18.2. The zero-order valence-electron chi connectivity index (χ0n) is 21.1. The first-order valence-corrected chi connectivity index (χ1v) is 13.9. The Labute approximate surface area is 239 Å². The van der Waals surface area contributed by atoms with Gasteiger partial charge < -0.3 is 4.74 Å². The molecule has 4 aromatic rings. The van der Waals surface area contributed by atoms with Gasteiger partial charge in [-0.2, -0.15) is 0 Å². The van der Waals surface area contributed by atoms with Crippen LogP contribution in [0, 0.1) is 6.92 Å². The number of hydrogen-bond donors (Lipinski definition) is 3. The fraction of sp³-hybridized carbons (Fsp3) is 0.115. The molecule has 4 rings (SSSR count). The molecule has 0 spiro atoms. The number of hydrazine groups is 1. The molecule has 2 amide bonds. The van der Waals surface area contributed by atoms with Crippen LogP contribution >= 0.6 is 23.2 Å². The number of amides is 2.